The summed E-state index contributed by atoms with van der Waals surface area (Å²) in [6, 6.07) is 4.11. The minimum absolute atomic E-state index is 0.597. The molecule has 1 saturated heterocycles. The second kappa shape index (κ2) is 6.61. The highest BCUT2D eigenvalue weighted by Gasteiger charge is 2.25. The summed E-state index contributed by atoms with van der Waals surface area (Å²) in [7, 11) is 0. The maximum absolute atomic E-state index is 12.1. The molecule has 1 fully saturated rings. The van der Waals surface area contributed by atoms with Gasteiger partial charge < -0.3 is 9.94 Å². The predicted octanol–water partition coefficient (Wildman–Crippen LogP) is 1.26. The van der Waals surface area contributed by atoms with Gasteiger partial charge in [-0.15, -0.1) is 0 Å². The van der Waals surface area contributed by atoms with Gasteiger partial charge in [0.15, 0.2) is 5.82 Å². The molecule has 128 valence electrons. The SMILES string of the molecule is CCc1nc2cc3c(cc2[n+]([O-])n1)CC(CCN1CCOCC1)C3. The van der Waals surface area contributed by atoms with Crippen molar-refractivity contribution in [1.82, 2.24) is 15.0 Å². The van der Waals surface area contributed by atoms with Crippen molar-refractivity contribution in [3.8, 4) is 0 Å². The van der Waals surface area contributed by atoms with Gasteiger partial charge in [-0.25, -0.2) is 4.98 Å². The van der Waals surface area contributed by atoms with Gasteiger partial charge in [0, 0.05) is 30.7 Å². The molecule has 0 bridgehead atoms. The number of ether oxygens (including phenoxy) is 1. The van der Waals surface area contributed by atoms with Crippen LogP contribution in [0, 0.1) is 11.1 Å². The number of aryl methyl sites for hydroxylation is 1. The highest BCUT2D eigenvalue weighted by atomic mass is 16.5. The molecule has 0 radical (unpaired) electrons. The fourth-order valence-electron chi connectivity index (χ4n) is 3.84. The van der Waals surface area contributed by atoms with Crippen molar-refractivity contribution in [2.75, 3.05) is 32.8 Å². The monoisotopic (exact) mass is 328 g/mol. The van der Waals surface area contributed by atoms with Gasteiger partial charge in [0.1, 0.15) is 5.52 Å². The molecular weight excluding hydrogens is 304 g/mol. The summed E-state index contributed by atoms with van der Waals surface area (Å²) in [6.07, 6.45) is 4.04. The van der Waals surface area contributed by atoms with E-state index < -0.39 is 0 Å². The van der Waals surface area contributed by atoms with Crippen molar-refractivity contribution >= 4 is 11.0 Å². The molecule has 0 amide bonds. The molecule has 1 unspecified atom stereocenters. The third-order valence-electron chi connectivity index (χ3n) is 5.25. The molecule has 0 spiro atoms. The van der Waals surface area contributed by atoms with Gasteiger partial charge in [-0.1, -0.05) is 6.92 Å². The zero-order valence-electron chi connectivity index (χ0n) is 14.2. The molecule has 24 heavy (non-hydrogen) atoms. The Morgan fingerprint density at radius 1 is 1.25 bits per heavy atom. The lowest BCUT2D eigenvalue weighted by Gasteiger charge is -2.27. The molecule has 1 aliphatic carbocycles. The number of morpholine rings is 1. The summed E-state index contributed by atoms with van der Waals surface area (Å²) in [4.78, 5) is 7.75. The zero-order chi connectivity index (χ0) is 16.5. The first-order valence-corrected chi connectivity index (χ1v) is 8.95. The fraction of sp³-hybridized carbons (Fsp3) is 0.611. The van der Waals surface area contributed by atoms with Crippen LogP contribution >= 0.6 is 0 Å². The second-order valence-corrected chi connectivity index (χ2v) is 6.88. The Kier molecular flexibility index (Phi) is 4.33. The van der Waals surface area contributed by atoms with Crippen LogP contribution in [-0.4, -0.2) is 47.8 Å². The van der Waals surface area contributed by atoms with E-state index in [1.807, 2.05) is 13.0 Å². The molecule has 6 nitrogen and oxygen atoms in total. The molecule has 1 atom stereocenters. The zero-order valence-corrected chi connectivity index (χ0v) is 14.2. The Morgan fingerprint density at radius 2 is 2.00 bits per heavy atom. The van der Waals surface area contributed by atoms with Crippen molar-refractivity contribution in [2.45, 2.75) is 32.6 Å². The van der Waals surface area contributed by atoms with E-state index in [1.54, 1.807) is 0 Å². The molecule has 2 aromatic rings. The number of fused-ring (bicyclic) bond motifs is 2. The lowest BCUT2D eigenvalue weighted by atomic mass is 10.0. The van der Waals surface area contributed by atoms with Gasteiger partial charge in [0.2, 0.25) is 0 Å². The number of rotatable bonds is 4. The van der Waals surface area contributed by atoms with E-state index in [0.29, 0.717) is 23.7 Å². The van der Waals surface area contributed by atoms with Crippen LogP contribution in [0.4, 0.5) is 0 Å². The van der Waals surface area contributed by atoms with Gasteiger partial charge in [-0.2, -0.15) is 0 Å². The molecule has 2 aliphatic rings. The topological polar surface area (TPSA) is 65.2 Å². The molecular formula is C18H24N4O2. The van der Waals surface area contributed by atoms with Crippen LogP contribution in [-0.2, 0) is 24.0 Å². The highest BCUT2D eigenvalue weighted by Crippen LogP contribution is 2.31. The van der Waals surface area contributed by atoms with Crippen molar-refractivity contribution < 1.29 is 9.58 Å². The van der Waals surface area contributed by atoms with E-state index in [-0.39, 0.29) is 0 Å². The third-order valence-corrected chi connectivity index (χ3v) is 5.25. The third kappa shape index (κ3) is 3.08. The van der Waals surface area contributed by atoms with Gasteiger partial charge in [0.05, 0.1) is 13.2 Å². The first kappa shape index (κ1) is 15.7. The highest BCUT2D eigenvalue weighted by molar-refractivity contribution is 5.73. The predicted molar refractivity (Wildman–Crippen MR) is 90.7 cm³/mol. The maximum Gasteiger partial charge on any atom is 0.270 e. The number of hydrogen-bond acceptors (Lipinski definition) is 5. The van der Waals surface area contributed by atoms with Gasteiger partial charge in [-0.3, -0.25) is 4.90 Å². The number of aromatic nitrogens is 3. The first-order chi connectivity index (χ1) is 11.7. The Hall–Kier alpha value is -1.79. The van der Waals surface area contributed by atoms with Crippen LogP contribution in [0.5, 0.6) is 0 Å². The smallest absolute Gasteiger partial charge is 0.270 e. The number of hydrogen-bond donors (Lipinski definition) is 0. The summed E-state index contributed by atoms with van der Waals surface area (Å²) in [5, 5.41) is 16.1. The van der Waals surface area contributed by atoms with Crippen LogP contribution in [0.25, 0.3) is 11.0 Å². The number of benzene rings is 1. The molecule has 4 rings (SSSR count). The summed E-state index contributed by atoms with van der Waals surface area (Å²) >= 11 is 0. The first-order valence-electron chi connectivity index (χ1n) is 8.95. The average Bonchev–Trinajstić information content (AvgIpc) is 3.01. The van der Waals surface area contributed by atoms with Gasteiger partial charge >= 0.3 is 0 Å². The standard InChI is InChI=1S/C18H24N4O2/c1-2-18-19-16-11-14-9-13(3-4-21-5-7-24-8-6-21)10-15(14)12-17(16)22(23)20-18/h11-13H,2-10H2,1H3. The summed E-state index contributed by atoms with van der Waals surface area (Å²) < 4.78 is 5.41. The van der Waals surface area contributed by atoms with Crippen molar-refractivity contribution in [3.63, 3.8) is 0 Å². The Bertz CT molecular complexity index is 743. The molecule has 1 aliphatic heterocycles. The molecule has 0 saturated carbocycles. The van der Waals surface area contributed by atoms with Crippen molar-refractivity contribution in [3.05, 3.63) is 34.3 Å². The van der Waals surface area contributed by atoms with E-state index in [2.05, 4.69) is 21.0 Å². The lowest BCUT2D eigenvalue weighted by Crippen LogP contribution is -2.37. The quantitative estimate of drug-likeness (QED) is 0.624. The van der Waals surface area contributed by atoms with E-state index in [1.165, 1.54) is 17.5 Å². The van der Waals surface area contributed by atoms with E-state index in [0.717, 1.165) is 56.1 Å². The largest absolute Gasteiger partial charge is 0.594 e. The van der Waals surface area contributed by atoms with Crippen molar-refractivity contribution in [1.29, 1.82) is 0 Å². The average molecular weight is 328 g/mol. The number of nitrogens with zero attached hydrogens (tertiary/aromatic N) is 4. The van der Waals surface area contributed by atoms with Gasteiger partial charge in [0.25, 0.3) is 5.52 Å². The Labute approximate surface area is 142 Å². The summed E-state index contributed by atoms with van der Waals surface area (Å²) in [6.45, 7) is 6.93. The van der Waals surface area contributed by atoms with Crippen molar-refractivity contribution in [2.24, 2.45) is 5.92 Å². The van der Waals surface area contributed by atoms with Crippen LogP contribution in [0.15, 0.2) is 12.1 Å². The minimum Gasteiger partial charge on any atom is -0.594 e. The van der Waals surface area contributed by atoms with Crippen LogP contribution in [0.3, 0.4) is 0 Å². The molecule has 6 heteroatoms. The maximum atomic E-state index is 12.1. The molecule has 1 aromatic carbocycles. The van der Waals surface area contributed by atoms with E-state index >= 15 is 0 Å². The Balaban J connectivity index is 1.49. The van der Waals surface area contributed by atoms with Crippen LogP contribution in [0.2, 0.25) is 0 Å². The summed E-state index contributed by atoms with van der Waals surface area (Å²) in [5.74, 6) is 1.28. The van der Waals surface area contributed by atoms with Crippen LogP contribution < -0.4 is 4.85 Å². The fourth-order valence-corrected chi connectivity index (χ4v) is 3.84. The lowest BCUT2D eigenvalue weighted by molar-refractivity contribution is -0.644. The Morgan fingerprint density at radius 3 is 2.75 bits per heavy atom. The molecule has 1 aromatic heterocycles. The van der Waals surface area contributed by atoms with E-state index in [4.69, 9.17) is 4.74 Å². The second-order valence-electron chi connectivity index (χ2n) is 6.88. The molecule has 0 N–H and O–H groups in total. The van der Waals surface area contributed by atoms with E-state index in [9.17, 15) is 5.21 Å². The normalized spacial score (nSPS) is 21.3. The summed E-state index contributed by atoms with van der Waals surface area (Å²) in [5.41, 5.74) is 4.03. The minimum atomic E-state index is 0.597. The van der Waals surface area contributed by atoms with Gasteiger partial charge in [-0.05, 0) is 53.8 Å². The molecule has 2 heterocycles. The van der Waals surface area contributed by atoms with Crippen LogP contribution in [0.1, 0.15) is 30.3 Å².